The van der Waals surface area contributed by atoms with Crippen LogP contribution >= 0.6 is 0 Å². The molecule has 1 fully saturated rings. The number of carbonyl (C=O) groups excluding carboxylic acids is 1. The number of piperazine rings is 1. The number of aromatic nitrogens is 3. The zero-order valence-corrected chi connectivity index (χ0v) is 19.6. The number of hydrogen-bond acceptors (Lipinski definition) is 7. The van der Waals surface area contributed by atoms with E-state index in [1.807, 2.05) is 11.1 Å². The van der Waals surface area contributed by atoms with Gasteiger partial charge in [0.05, 0.1) is 11.3 Å². The van der Waals surface area contributed by atoms with Crippen LogP contribution in [-0.4, -0.2) is 65.5 Å². The first kappa shape index (κ1) is 22.7. The molecule has 1 aliphatic rings. The number of benzene rings is 2. The van der Waals surface area contributed by atoms with Crippen molar-refractivity contribution in [1.82, 2.24) is 19.9 Å². The van der Waals surface area contributed by atoms with Gasteiger partial charge in [0, 0.05) is 55.2 Å². The first-order valence-corrected chi connectivity index (χ1v) is 12.6. The molecule has 0 aliphatic carbocycles. The maximum atomic E-state index is 12.9. The van der Waals surface area contributed by atoms with Crippen molar-refractivity contribution in [3.63, 3.8) is 0 Å². The second-order valence-electron chi connectivity index (χ2n) is 8.28. The highest BCUT2D eigenvalue weighted by Gasteiger charge is 2.23. The minimum atomic E-state index is -3.75. The monoisotopic (exact) mass is 492 g/mol. The summed E-state index contributed by atoms with van der Waals surface area (Å²) in [6.07, 6.45) is 4.81. The predicted molar refractivity (Wildman–Crippen MR) is 132 cm³/mol. The van der Waals surface area contributed by atoms with Crippen molar-refractivity contribution in [2.24, 2.45) is 0 Å². The van der Waals surface area contributed by atoms with E-state index in [2.05, 4.69) is 24.6 Å². The molecule has 4 aromatic rings. The van der Waals surface area contributed by atoms with Crippen LogP contribution in [0.25, 0.3) is 10.9 Å². The van der Waals surface area contributed by atoms with Crippen LogP contribution in [0.5, 0.6) is 5.75 Å². The molecule has 2 aromatic carbocycles. The summed E-state index contributed by atoms with van der Waals surface area (Å²) in [5.74, 6) is 0.406. The lowest BCUT2D eigenvalue weighted by molar-refractivity contribution is -0.130. The molecule has 3 heterocycles. The van der Waals surface area contributed by atoms with Crippen LogP contribution < -0.4 is 9.62 Å². The molecule has 180 valence electrons. The minimum absolute atomic E-state index is 0.0335. The highest BCUT2D eigenvalue weighted by molar-refractivity contribution is 7.92. The molecule has 0 unspecified atom stereocenters. The summed E-state index contributed by atoms with van der Waals surface area (Å²) in [4.78, 5) is 27.8. The zero-order valence-electron chi connectivity index (χ0n) is 18.8. The third-order valence-electron chi connectivity index (χ3n) is 6.06. The van der Waals surface area contributed by atoms with E-state index < -0.39 is 10.0 Å². The van der Waals surface area contributed by atoms with Crippen LogP contribution in [0.1, 0.15) is 5.56 Å². The lowest BCUT2D eigenvalue weighted by atomic mass is 10.1. The fourth-order valence-corrected chi connectivity index (χ4v) is 5.19. The maximum Gasteiger partial charge on any atom is 0.263 e. The van der Waals surface area contributed by atoms with Gasteiger partial charge >= 0.3 is 0 Å². The molecule has 0 saturated carbocycles. The quantitative estimate of drug-likeness (QED) is 0.376. The van der Waals surface area contributed by atoms with Gasteiger partial charge in [-0.2, -0.15) is 0 Å². The Balaban J connectivity index is 1.19. The number of aromatic amines is 1. The number of nitrogens with zero attached hydrogens (tertiary/aromatic N) is 4. The molecule has 2 aromatic heterocycles. The summed E-state index contributed by atoms with van der Waals surface area (Å²) in [5.41, 5.74) is 2.63. The molecular formula is C24H24N6O4S. The molecule has 3 N–H and O–H groups in total. The standard InChI is InChI=1S/C24H24N6O4S/c31-19-3-6-22-21(14-19)17(15-26-22)13-24(32)30-11-9-29(10-12-30)18-1-4-20(5-2-18)35(33,34)28-23-7-8-25-16-27-23/h1-8,14-16,26,31H,9-13H2,(H,25,27,28). The molecular weight excluding hydrogens is 468 g/mol. The SMILES string of the molecule is O=C(Cc1c[nH]c2ccc(O)cc12)N1CCN(c2ccc(S(=O)(=O)Nc3ccncn3)cc2)CC1. The third kappa shape index (κ3) is 4.90. The van der Waals surface area contributed by atoms with Crippen LogP contribution in [-0.2, 0) is 21.2 Å². The Hall–Kier alpha value is -4.12. The summed E-state index contributed by atoms with van der Waals surface area (Å²) in [6, 6.07) is 13.2. The Morgan fingerprint density at radius 1 is 1.06 bits per heavy atom. The van der Waals surface area contributed by atoms with Crippen molar-refractivity contribution in [1.29, 1.82) is 0 Å². The van der Waals surface area contributed by atoms with Gasteiger partial charge < -0.3 is 19.9 Å². The molecule has 0 bridgehead atoms. The first-order chi connectivity index (χ1) is 16.9. The number of amides is 1. The highest BCUT2D eigenvalue weighted by Crippen LogP contribution is 2.25. The van der Waals surface area contributed by atoms with Crippen LogP contribution in [0.3, 0.4) is 0 Å². The summed E-state index contributed by atoms with van der Waals surface area (Å²) in [7, 11) is -3.75. The molecule has 11 heteroatoms. The molecule has 10 nitrogen and oxygen atoms in total. The predicted octanol–water partition coefficient (Wildman–Crippen LogP) is 2.36. The molecule has 5 rings (SSSR count). The molecule has 35 heavy (non-hydrogen) atoms. The van der Waals surface area contributed by atoms with E-state index in [-0.39, 0.29) is 28.8 Å². The zero-order chi connectivity index (χ0) is 24.4. The average molecular weight is 493 g/mol. The number of carbonyl (C=O) groups is 1. The summed E-state index contributed by atoms with van der Waals surface area (Å²) >= 11 is 0. The Labute approximate surface area is 202 Å². The molecule has 0 radical (unpaired) electrons. The van der Waals surface area contributed by atoms with Gasteiger partial charge in [0.2, 0.25) is 5.91 Å². The fourth-order valence-electron chi connectivity index (χ4n) is 4.19. The number of aromatic hydroxyl groups is 1. The average Bonchev–Trinajstić information content (AvgIpc) is 3.26. The third-order valence-corrected chi connectivity index (χ3v) is 7.43. The smallest absolute Gasteiger partial charge is 0.263 e. The van der Waals surface area contributed by atoms with E-state index in [0.29, 0.717) is 26.2 Å². The van der Waals surface area contributed by atoms with Crippen molar-refractivity contribution in [3.8, 4) is 5.75 Å². The van der Waals surface area contributed by atoms with Crippen LogP contribution in [0, 0.1) is 0 Å². The second-order valence-corrected chi connectivity index (χ2v) is 9.96. The fraction of sp³-hybridized carbons (Fsp3) is 0.208. The van der Waals surface area contributed by atoms with Gasteiger partial charge in [0.1, 0.15) is 17.9 Å². The number of rotatable bonds is 6. The van der Waals surface area contributed by atoms with Crippen LogP contribution in [0.2, 0.25) is 0 Å². The number of nitrogens with one attached hydrogen (secondary N) is 2. The first-order valence-electron chi connectivity index (χ1n) is 11.1. The number of phenols is 1. The second kappa shape index (κ2) is 9.26. The van der Waals surface area contributed by atoms with Gasteiger partial charge in [0.15, 0.2) is 0 Å². The molecule has 1 amide bonds. The number of fused-ring (bicyclic) bond motifs is 1. The molecule has 1 saturated heterocycles. The Bertz CT molecular complexity index is 1450. The topological polar surface area (TPSA) is 132 Å². The van der Waals surface area contributed by atoms with Crippen molar-refractivity contribution < 1.29 is 18.3 Å². The number of hydrogen-bond donors (Lipinski definition) is 3. The highest BCUT2D eigenvalue weighted by atomic mass is 32.2. The van der Waals surface area contributed by atoms with E-state index in [9.17, 15) is 18.3 Å². The summed E-state index contributed by atoms with van der Waals surface area (Å²) < 4.78 is 27.6. The van der Waals surface area contributed by atoms with E-state index >= 15 is 0 Å². The van der Waals surface area contributed by atoms with Gasteiger partial charge in [-0.1, -0.05) is 0 Å². The molecule has 0 atom stereocenters. The normalized spacial score (nSPS) is 14.3. The lowest BCUT2D eigenvalue weighted by Gasteiger charge is -2.36. The Morgan fingerprint density at radius 3 is 2.54 bits per heavy atom. The van der Waals surface area contributed by atoms with Crippen molar-refractivity contribution in [2.45, 2.75) is 11.3 Å². The maximum absolute atomic E-state index is 12.9. The number of sulfonamides is 1. The van der Waals surface area contributed by atoms with Crippen LogP contribution in [0.15, 0.2) is 72.1 Å². The summed E-state index contributed by atoms with van der Waals surface area (Å²) in [5, 5.41) is 10.6. The van der Waals surface area contributed by atoms with E-state index in [1.54, 1.807) is 42.5 Å². The van der Waals surface area contributed by atoms with E-state index in [1.165, 1.54) is 18.6 Å². The summed E-state index contributed by atoms with van der Waals surface area (Å²) in [6.45, 7) is 2.43. The van der Waals surface area contributed by atoms with Gasteiger partial charge in [-0.25, -0.2) is 18.4 Å². The van der Waals surface area contributed by atoms with Gasteiger partial charge in [-0.05, 0) is 54.1 Å². The van der Waals surface area contributed by atoms with Crippen LogP contribution in [0.4, 0.5) is 11.5 Å². The molecule has 0 spiro atoms. The van der Waals surface area contributed by atoms with Gasteiger partial charge in [-0.3, -0.25) is 9.52 Å². The molecule has 1 aliphatic heterocycles. The van der Waals surface area contributed by atoms with Crippen molar-refractivity contribution in [3.05, 3.63) is 72.8 Å². The number of H-pyrrole nitrogens is 1. The number of anilines is 2. The largest absolute Gasteiger partial charge is 0.508 e. The van der Waals surface area contributed by atoms with E-state index in [4.69, 9.17) is 0 Å². The lowest BCUT2D eigenvalue weighted by Crippen LogP contribution is -2.49. The van der Waals surface area contributed by atoms with E-state index in [0.717, 1.165) is 22.2 Å². The van der Waals surface area contributed by atoms with Gasteiger partial charge in [-0.15, -0.1) is 0 Å². The minimum Gasteiger partial charge on any atom is -0.508 e. The Kier molecular flexibility index (Phi) is 6.00. The van der Waals surface area contributed by atoms with Crippen molar-refractivity contribution in [2.75, 3.05) is 35.8 Å². The van der Waals surface area contributed by atoms with Gasteiger partial charge in [0.25, 0.3) is 10.0 Å². The number of phenolic OH excluding ortho intramolecular Hbond substituents is 1. The van der Waals surface area contributed by atoms with Crippen molar-refractivity contribution >= 4 is 38.3 Å². The Morgan fingerprint density at radius 2 is 1.83 bits per heavy atom.